The topological polar surface area (TPSA) is 74.7 Å². The first-order chi connectivity index (χ1) is 12.8. The van der Waals surface area contributed by atoms with E-state index in [9.17, 15) is 9.59 Å². The number of aromatic nitrogens is 1. The Morgan fingerprint density at radius 1 is 0.852 bits per heavy atom. The number of aryl methyl sites for hydroxylation is 2. The molecule has 0 spiro atoms. The van der Waals surface area contributed by atoms with Gasteiger partial charge in [-0.1, -0.05) is 0 Å². The van der Waals surface area contributed by atoms with E-state index in [-0.39, 0.29) is 30.3 Å². The maximum absolute atomic E-state index is 12.6. The van der Waals surface area contributed by atoms with Gasteiger partial charge in [0.1, 0.15) is 11.5 Å². The third-order valence-corrected chi connectivity index (χ3v) is 4.58. The lowest BCUT2D eigenvalue weighted by molar-refractivity contribution is 0.0915. The van der Waals surface area contributed by atoms with E-state index < -0.39 is 0 Å². The predicted molar refractivity (Wildman–Crippen MR) is 102 cm³/mol. The highest BCUT2D eigenvalue weighted by Gasteiger charge is 2.19. The molecule has 0 aliphatic heterocycles. The van der Waals surface area contributed by atoms with Crippen molar-refractivity contribution in [1.82, 2.24) is 4.98 Å². The smallest absolute Gasteiger partial charge is 0.224 e. The van der Waals surface area contributed by atoms with E-state index in [2.05, 4.69) is 4.98 Å². The Hall–Kier alpha value is -2.89. The highest BCUT2D eigenvalue weighted by molar-refractivity contribution is 6.03. The monoisotopic (exact) mass is 371 g/mol. The van der Waals surface area contributed by atoms with Gasteiger partial charge in [0.2, 0.25) is 5.88 Å². The molecular formula is C21H25NO5. The minimum absolute atomic E-state index is 0.0673. The van der Waals surface area contributed by atoms with Gasteiger partial charge in [-0.3, -0.25) is 9.59 Å². The van der Waals surface area contributed by atoms with Crippen molar-refractivity contribution in [2.45, 2.75) is 33.6 Å². The Kier molecular flexibility index (Phi) is 6.55. The minimum Gasteiger partial charge on any atom is -0.496 e. The summed E-state index contributed by atoms with van der Waals surface area (Å²) < 4.78 is 15.8. The number of nitrogens with zero attached hydrogens (tertiary/aromatic N) is 1. The molecule has 1 heterocycles. The van der Waals surface area contributed by atoms with Gasteiger partial charge < -0.3 is 14.2 Å². The Morgan fingerprint density at radius 3 is 1.93 bits per heavy atom. The molecule has 0 atom stereocenters. The largest absolute Gasteiger partial charge is 0.496 e. The molecule has 0 unspecified atom stereocenters. The van der Waals surface area contributed by atoms with E-state index in [1.54, 1.807) is 32.4 Å². The van der Waals surface area contributed by atoms with Gasteiger partial charge in [0.25, 0.3) is 0 Å². The summed E-state index contributed by atoms with van der Waals surface area (Å²) in [5, 5.41) is 0. The average Bonchev–Trinajstić information content (AvgIpc) is 2.67. The van der Waals surface area contributed by atoms with E-state index in [0.717, 1.165) is 16.8 Å². The molecular weight excluding hydrogens is 346 g/mol. The molecule has 27 heavy (non-hydrogen) atoms. The number of Topliss-reactive ketones (excluding diaryl/α,β-unsaturated/α-hetero) is 2. The van der Waals surface area contributed by atoms with E-state index in [1.807, 2.05) is 20.8 Å². The molecule has 0 aliphatic carbocycles. The summed E-state index contributed by atoms with van der Waals surface area (Å²) in [5.41, 5.74) is 3.37. The van der Waals surface area contributed by atoms with Crippen molar-refractivity contribution >= 4 is 11.6 Å². The lowest BCUT2D eigenvalue weighted by atomic mass is 9.99. The van der Waals surface area contributed by atoms with Gasteiger partial charge in [-0.15, -0.1) is 0 Å². The zero-order valence-electron chi connectivity index (χ0n) is 16.6. The summed E-state index contributed by atoms with van der Waals surface area (Å²) in [7, 11) is 4.56. The number of ether oxygens (including phenoxy) is 3. The molecule has 1 aromatic heterocycles. The highest BCUT2D eigenvalue weighted by Crippen LogP contribution is 2.30. The van der Waals surface area contributed by atoms with Crippen LogP contribution in [0.25, 0.3) is 0 Å². The summed E-state index contributed by atoms with van der Waals surface area (Å²) in [6, 6.07) is 5.09. The SMILES string of the molecule is COc1cc(C(=O)CCC(=O)c2cc(C)c(C)nc2OC)cc(OC)c1C. The molecule has 144 valence electrons. The second kappa shape index (κ2) is 8.66. The zero-order valence-corrected chi connectivity index (χ0v) is 16.6. The van der Waals surface area contributed by atoms with Gasteiger partial charge in [-0.2, -0.15) is 0 Å². The molecule has 1 aromatic carbocycles. The van der Waals surface area contributed by atoms with Gasteiger partial charge in [0.05, 0.1) is 26.9 Å². The molecule has 0 N–H and O–H groups in total. The number of rotatable bonds is 8. The molecule has 0 saturated heterocycles. The summed E-state index contributed by atoms with van der Waals surface area (Å²) in [6.45, 7) is 5.59. The second-order valence-corrected chi connectivity index (χ2v) is 6.30. The van der Waals surface area contributed by atoms with Gasteiger partial charge in [-0.25, -0.2) is 4.98 Å². The maximum Gasteiger partial charge on any atom is 0.224 e. The summed E-state index contributed by atoms with van der Waals surface area (Å²) in [5.74, 6) is 1.10. The minimum atomic E-state index is -0.179. The van der Waals surface area contributed by atoms with Crippen LogP contribution < -0.4 is 14.2 Å². The molecule has 0 amide bonds. The predicted octanol–water partition coefficient (Wildman–Crippen LogP) is 3.88. The second-order valence-electron chi connectivity index (χ2n) is 6.30. The van der Waals surface area contributed by atoms with Gasteiger partial charge in [0.15, 0.2) is 11.6 Å². The van der Waals surface area contributed by atoms with Crippen molar-refractivity contribution in [3.63, 3.8) is 0 Å². The lowest BCUT2D eigenvalue weighted by Gasteiger charge is -2.12. The Bertz CT molecular complexity index is 848. The van der Waals surface area contributed by atoms with Crippen LogP contribution in [0.4, 0.5) is 0 Å². The molecule has 0 fully saturated rings. The van der Waals surface area contributed by atoms with Gasteiger partial charge in [0, 0.05) is 29.7 Å². The Labute approximate surface area is 159 Å². The molecule has 6 nitrogen and oxygen atoms in total. The van der Waals surface area contributed by atoms with Crippen LogP contribution in [-0.4, -0.2) is 37.9 Å². The first kappa shape index (κ1) is 20.4. The summed E-state index contributed by atoms with van der Waals surface area (Å²) in [6.07, 6.45) is 0.141. The molecule has 0 bridgehead atoms. The van der Waals surface area contributed by atoms with Crippen LogP contribution in [0.2, 0.25) is 0 Å². The van der Waals surface area contributed by atoms with Crippen LogP contribution >= 0.6 is 0 Å². The van der Waals surface area contributed by atoms with Crippen LogP contribution in [0.1, 0.15) is 50.4 Å². The van der Waals surface area contributed by atoms with Crippen LogP contribution in [0, 0.1) is 20.8 Å². The fraction of sp³-hybridized carbons (Fsp3) is 0.381. The molecule has 0 saturated carbocycles. The Morgan fingerprint density at radius 2 is 1.41 bits per heavy atom. The Balaban J connectivity index is 2.19. The van der Waals surface area contributed by atoms with E-state index in [4.69, 9.17) is 14.2 Å². The third kappa shape index (κ3) is 4.45. The van der Waals surface area contributed by atoms with Crippen LogP contribution in [0.15, 0.2) is 18.2 Å². The van der Waals surface area contributed by atoms with Gasteiger partial charge in [-0.05, 0) is 44.5 Å². The number of carbonyl (C=O) groups is 2. The first-order valence-electron chi connectivity index (χ1n) is 8.63. The maximum atomic E-state index is 12.6. The van der Waals surface area contributed by atoms with Crippen molar-refractivity contribution in [2.75, 3.05) is 21.3 Å². The number of ketones is 2. The van der Waals surface area contributed by atoms with Crippen LogP contribution in [0.3, 0.4) is 0 Å². The van der Waals surface area contributed by atoms with E-state index >= 15 is 0 Å². The zero-order chi connectivity index (χ0) is 20.1. The number of methoxy groups -OCH3 is 3. The quantitative estimate of drug-likeness (QED) is 0.656. The molecule has 2 rings (SSSR count). The van der Waals surface area contributed by atoms with Crippen molar-refractivity contribution in [3.05, 3.63) is 46.1 Å². The number of hydrogen-bond donors (Lipinski definition) is 0. The number of pyridine rings is 1. The van der Waals surface area contributed by atoms with E-state index in [0.29, 0.717) is 22.6 Å². The van der Waals surface area contributed by atoms with Crippen LogP contribution in [-0.2, 0) is 0 Å². The molecule has 0 aliphatic rings. The first-order valence-corrected chi connectivity index (χ1v) is 8.63. The molecule has 2 aromatic rings. The van der Waals surface area contributed by atoms with Crippen molar-refractivity contribution < 1.29 is 23.8 Å². The standard InChI is InChI=1S/C21H25NO5/c1-12-9-16(21(27-6)22-14(12)3)18(24)8-7-17(23)15-10-19(25-4)13(2)20(11-15)26-5/h9-11H,7-8H2,1-6H3. The number of benzene rings is 1. The van der Waals surface area contributed by atoms with Crippen LogP contribution in [0.5, 0.6) is 17.4 Å². The summed E-state index contributed by atoms with van der Waals surface area (Å²) >= 11 is 0. The normalized spacial score (nSPS) is 10.4. The fourth-order valence-corrected chi connectivity index (χ4v) is 2.79. The number of carbonyl (C=O) groups excluding carboxylic acids is 2. The van der Waals surface area contributed by atoms with Crippen molar-refractivity contribution in [3.8, 4) is 17.4 Å². The average molecular weight is 371 g/mol. The molecule has 6 heteroatoms. The van der Waals surface area contributed by atoms with Crippen molar-refractivity contribution in [2.24, 2.45) is 0 Å². The number of hydrogen-bond acceptors (Lipinski definition) is 6. The van der Waals surface area contributed by atoms with Gasteiger partial charge >= 0.3 is 0 Å². The lowest BCUT2D eigenvalue weighted by Crippen LogP contribution is -2.09. The fourth-order valence-electron chi connectivity index (χ4n) is 2.79. The summed E-state index contributed by atoms with van der Waals surface area (Å²) in [4.78, 5) is 29.5. The third-order valence-electron chi connectivity index (χ3n) is 4.58. The van der Waals surface area contributed by atoms with Crippen molar-refractivity contribution in [1.29, 1.82) is 0 Å². The molecule has 0 radical (unpaired) electrons. The highest BCUT2D eigenvalue weighted by atomic mass is 16.5. The van der Waals surface area contributed by atoms with E-state index in [1.165, 1.54) is 7.11 Å².